The van der Waals surface area contributed by atoms with Gasteiger partial charge in [0, 0.05) is 11.1 Å². The SMILES string of the molecule is O=C(Cc1csc2ccccc12)N[C@H](C(=O)N[C@H]1CCc2cccc3c2N(C1=O)[C@H](C(=O)O)C3)c1ccccc1. The Balaban J connectivity index is 1.24. The van der Waals surface area contributed by atoms with Crippen LogP contribution in [0.2, 0.25) is 0 Å². The number of anilines is 1. The van der Waals surface area contributed by atoms with Gasteiger partial charge in [0.15, 0.2) is 0 Å². The molecule has 3 amide bonds. The van der Waals surface area contributed by atoms with Crippen LogP contribution in [0.15, 0.2) is 78.2 Å². The number of nitrogens with one attached hydrogen (secondary N) is 2. The minimum absolute atomic E-state index is 0.106. The molecule has 1 aromatic heterocycles. The second kappa shape index (κ2) is 10.6. The fraction of sp³-hybridized carbons (Fsp3) is 0.226. The lowest BCUT2D eigenvalue weighted by molar-refractivity contribution is -0.140. The molecule has 8 nitrogen and oxygen atoms in total. The molecule has 0 radical (unpaired) electrons. The summed E-state index contributed by atoms with van der Waals surface area (Å²) in [7, 11) is 0. The zero-order valence-corrected chi connectivity index (χ0v) is 22.3. The Morgan fingerprint density at radius 3 is 2.52 bits per heavy atom. The normalized spacial score (nSPS) is 18.6. The summed E-state index contributed by atoms with van der Waals surface area (Å²) in [5.41, 5.74) is 3.82. The van der Waals surface area contributed by atoms with Gasteiger partial charge in [-0.3, -0.25) is 19.3 Å². The Kier molecular flexibility index (Phi) is 6.81. The number of carbonyl (C=O) groups excluding carboxylic acids is 3. The lowest BCUT2D eigenvalue weighted by Gasteiger charge is -2.27. The van der Waals surface area contributed by atoms with E-state index in [1.165, 1.54) is 4.90 Å². The van der Waals surface area contributed by atoms with Gasteiger partial charge in [-0.15, -0.1) is 11.3 Å². The topological polar surface area (TPSA) is 116 Å². The second-order valence-corrected chi connectivity index (χ2v) is 11.0. The van der Waals surface area contributed by atoms with Crippen molar-refractivity contribution < 1.29 is 24.3 Å². The summed E-state index contributed by atoms with van der Waals surface area (Å²) < 4.78 is 1.08. The summed E-state index contributed by atoms with van der Waals surface area (Å²) in [6, 6.07) is 19.4. The maximum absolute atomic E-state index is 13.7. The van der Waals surface area contributed by atoms with Crippen LogP contribution in [0.1, 0.15) is 34.7 Å². The molecule has 3 heterocycles. The molecule has 2 aliphatic heterocycles. The Bertz CT molecular complexity index is 1630. The highest BCUT2D eigenvalue weighted by molar-refractivity contribution is 7.17. The van der Waals surface area contributed by atoms with E-state index in [2.05, 4.69) is 10.6 Å². The molecule has 9 heteroatoms. The molecule has 0 spiro atoms. The van der Waals surface area contributed by atoms with Crippen LogP contribution in [-0.2, 0) is 38.4 Å². The Morgan fingerprint density at radius 1 is 0.975 bits per heavy atom. The van der Waals surface area contributed by atoms with Gasteiger partial charge in [0.1, 0.15) is 18.1 Å². The number of carboxylic acids is 1. The average Bonchev–Trinajstić information content (AvgIpc) is 3.52. The number of fused-ring (bicyclic) bond motifs is 1. The van der Waals surface area contributed by atoms with Gasteiger partial charge in [-0.1, -0.05) is 66.7 Å². The van der Waals surface area contributed by atoms with E-state index in [4.69, 9.17) is 0 Å². The number of thiophene rings is 1. The first-order valence-corrected chi connectivity index (χ1v) is 14.0. The van der Waals surface area contributed by atoms with E-state index >= 15 is 0 Å². The van der Waals surface area contributed by atoms with Crippen molar-refractivity contribution in [2.45, 2.75) is 43.8 Å². The largest absolute Gasteiger partial charge is 0.480 e. The molecule has 4 aromatic rings. The third-order valence-electron chi connectivity index (χ3n) is 7.62. The minimum atomic E-state index is -1.09. The van der Waals surface area contributed by atoms with Gasteiger partial charge in [-0.05, 0) is 51.9 Å². The number of rotatable bonds is 7. The maximum atomic E-state index is 13.7. The highest BCUT2D eigenvalue weighted by Crippen LogP contribution is 2.39. The molecule has 3 aromatic carbocycles. The molecule has 0 bridgehead atoms. The third-order valence-corrected chi connectivity index (χ3v) is 8.63. The van der Waals surface area contributed by atoms with Crippen molar-refractivity contribution in [3.63, 3.8) is 0 Å². The van der Waals surface area contributed by atoms with Gasteiger partial charge in [0.05, 0.1) is 12.1 Å². The van der Waals surface area contributed by atoms with Crippen molar-refractivity contribution in [3.05, 3.63) is 100 Å². The van der Waals surface area contributed by atoms with E-state index in [1.807, 2.05) is 53.9 Å². The summed E-state index contributed by atoms with van der Waals surface area (Å²) in [6.45, 7) is 0. The highest BCUT2D eigenvalue weighted by Gasteiger charge is 2.44. The van der Waals surface area contributed by atoms with Gasteiger partial charge in [0.2, 0.25) is 17.7 Å². The smallest absolute Gasteiger partial charge is 0.327 e. The third kappa shape index (κ3) is 4.73. The van der Waals surface area contributed by atoms with E-state index in [1.54, 1.807) is 35.6 Å². The van der Waals surface area contributed by atoms with Gasteiger partial charge >= 0.3 is 5.97 Å². The number of benzene rings is 3. The molecule has 40 heavy (non-hydrogen) atoms. The number of hydrogen-bond acceptors (Lipinski definition) is 5. The summed E-state index contributed by atoms with van der Waals surface area (Å²) in [5.74, 6) is -2.38. The summed E-state index contributed by atoms with van der Waals surface area (Å²) >= 11 is 1.56. The molecule has 202 valence electrons. The van der Waals surface area contributed by atoms with Crippen LogP contribution < -0.4 is 15.5 Å². The van der Waals surface area contributed by atoms with E-state index < -0.39 is 35.9 Å². The zero-order chi connectivity index (χ0) is 27.8. The lowest BCUT2D eigenvalue weighted by Crippen LogP contribution is -2.54. The fourth-order valence-corrected chi connectivity index (χ4v) is 6.68. The number of nitrogens with zero attached hydrogens (tertiary/aromatic N) is 1. The molecule has 2 aliphatic rings. The number of hydrogen-bond donors (Lipinski definition) is 3. The summed E-state index contributed by atoms with van der Waals surface area (Å²) in [5, 5.41) is 18.5. The Morgan fingerprint density at radius 2 is 1.73 bits per heavy atom. The number of carbonyl (C=O) groups is 4. The van der Waals surface area contributed by atoms with Gasteiger partial charge in [-0.2, -0.15) is 0 Å². The predicted molar refractivity (Wildman–Crippen MR) is 152 cm³/mol. The van der Waals surface area contributed by atoms with Crippen molar-refractivity contribution >= 4 is 50.8 Å². The zero-order valence-electron chi connectivity index (χ0n) is 21.5. The number of para-hydroxylation sites is 1. The van der Waals surface area contributed by atoms with Crippen LogP contribution in [-0.4, -0.2) is 40.9 Å². The second-order valence-electron chi connectivity index (χ2n) is 10.1. The van der Waals surface area contributed by atoms with Crippen LogP contribution in [0, 0.1) is 0 Å². The number of aliphatic carboxylic acids is 1. The van der Waals surface area contributed by atoms with Crippen LogP contribution >= 0.6 is 11.3 Å². The van der Waals surface area contributed by atoms with Crippen molar-refractivity contribution in [2.75, 3.05) is 4.90 Å². The van der Waals surface area contributed by atoms with Gasteiger partial charge in [-0.25, -0.2) is 4.79 Å². The quantitative estimate of drug-likeness (QED) is 0.322. The van der Waals surface area contributed by atoms with Crippen molar-refractivity contribution in [2.24, 2.45) is 0 Å². The number of carboxylic acid groups (broad SMARTS) is 1. The van der Waals surface area contributed by atoms with E-state index in [0.717, 1.165) is 26.8 Å². The summed E-state index contributed by atoms with van der Waals surface area (Å²) in [6.07, 6.45) is 1.16. The van der Waals surface area contributed by atoms with E-state index in [-0.39, 0.29) is 18.7 Å². The van der Waals surface area contributed by atoms with E-state index in [0.29, 0.717) is 24.1 Å². The Labute approximate surface area is 234 Å². The molecule has 0 saturated carbocycles. The molecule has 0 fully saturated rings. The predicted octanol–water partition coefficient (Wildman–Crippen LogP) is 3.77. The van der Waals surface area contributed by atoms with Crippen LogP contribution in [0.5, 0.6) is 0 Å². The first-order valence-electron chi connectivity index (χ1n) is 13.2. The van der Waals surface area contributed by atoms with Gasteiger partial charge < -0.3 is 15.7 Å². The number of aryl methyl sites for hydroxylation is 1. The number of amides is 3. The van der Waals surface area contributed by atoms with Crippen LogP contribution in [0.4, 0.5) is 5.69 Å². The highest BCUT2D eigenvalue weighted by atomic mass is 32.1. The van der Waals surface area contributed by atoms with Gasteiger partial charge in [0.25, 0.3) is 0 Å². The van der Waals surface area contributed by atoms with Crippen LogP contribution in [0.3, 0.4) is 0 Å². The molecular formula is C31H27N3O5S. The molecule has 0 aliphatic carbocycles. The molecule has 0 saturated heterocycles. The first kappa shape index (κ1) is 25.8. The van der Waals surface area contributed by atoms with Crippen LogP contribution in [0.25, 0.3) is 10.1 Å². The molecule has 3 atom stereocenters. The molecular weight excluding hydrogens is 526 g/mol. The maximum Gasteiger partial charge on any atom is 0.327 e. The molecule has 6 rings (SSSR count). The molecule has 3 N–H and O–H groups in total. The van der Waals surface area contributed by atoms with E-state index in [9.17, 15) is 24.3 Å². The molecule has 0 unspecified atom stereocenters. The van der Waals surface area contributed by atoms with Crippen molar-refractivity contribution in [1.29, 1.82) is 0 Å². The fourth-order valence-electron chi connectivity index (χ4n) is 5.72. The van der Waals surface area contributed by atoms with Crippen molar-refractivity contribution in [3.8, 4) is 0 Å². The monoisotopic (exact) mass is 553 g/mol. The van der Waals surface area contributed by atoms with Crippen molar-refractivity contribution in [1.82, 2.24) is 10.6 Å². The minimum Gasteiger partial charge on any atom is -0.480 e. The standard InChI is InChI=1S/C31H27N3O5S/c35-26(16-21-17-40-25-12-5-4-11-22(21)25)33-27(18-7-2-1-3-8-18)29(36)32-23-14-13-19-9-6-10-20-15-24(31(38)39)34(28(19)20)30(23)37/h1-12,17,23-24,27H,13-16H2,(H,32,36)(H,33,35)(H,38,39)/t23-,24-,27-/m0/s1. The first-order chi connectivity index (χ1) is 19.4. The Hall–Kier alpha value is -4.50. The lowest BCUT2D eigenvalue weighted by atomic mass is 10.0. The summed E-state index contributed by atoms with van der Waals surface area (Å²) in [4.78, 5) is 54.0. The average molecular weight is 554 g/mol.